The van der Waals surface area contributed by atoms with Gasteiger partial charge in [-0.25, -0.2) is 15.0 Å². The fraction of sp³-hybridized carbons (Fsp3) is 0.714. The largest absolute Gasteiger partial charge is 0.460 e. The Kier molecular flexibility index (Phi) is 6.86. The predicted molar refractivity (Wildman–Crippen MR) is 130 cm³/mol. The second-order valence-electron chi connectivity index (χ2n) is 11.0. The van der Waals surface area contributed by atoms with E-state index in [0.29, 0.717) is 24.2 Å². The van der Waals surface area contributed by atoms with E-state index in [1.807, 2.05) is 4.57 Å². The molecule has 1 aliphatic rings. The molecule has 2 aromatic heterocycles. The Morgan fingerprint density at radius 2 is 1.91 bits per heavy atom. The average molecular weight is 480 g/mol. The monoisotopic (exact) mass is 479 g/mol. The van der Waals surface area contributed by atoms with Crippen LogP contribution in [0.4, 0.5) is 5.82 Å². The molecule has 0 radical (unpaired) electrons. The summed E-state index contributed by atoms with van der Waals surface area (Å²) in [4.78, 5) is 28.7. The molecule has 11 heteroatoms. The summed E-state index contributed by atoms with van der Waals surface area (Å²) in [7, 11) is -3.58. The van der Waals surface area contributed by atoms with Gasteiger partial charge >= 0.3 is 5.97 Å². The maximum absolute atomic E-state index is 11.7. The van der Waals surface area contributed by atoms with Gasteiger partial charge in [0.25, 0.3) is 0 Å². The zero-order chi connectivity index (χ0) is 23.9. The first kappa shape index (κ1) is 24.8. The highest BCUT2D eigenvalue weighted by Crippen LogP contribution is 2.39. The standard InChI is InChI=1S/C21H37N5O4Si2/c1-14(27)29-15-10-17(30-16(15)11-28-32(8,9)21(2,3)4)26-13-24-18-19(25-31(5,6)7)22-12-23-20(18)26/h12-13,15-17H,10-11H2,1-9H3,(H,22,23,25)/t15?,16-,17-/m0/s1. The Morgan fingerprint density at radius 1 is 1.22 bits per heavy atom. The molecule has 0 aromatic carbocycles. The summed E-state index contributed by atoms with van der Waals surface area (Å²) in [6.07, 6.45) is 2.68. The van der Waals surface area contributed by atoms with Gasteiger partial charge in [0.15, 0.2) is 14.0 Å². The lowest BCUT2D eigenvalue weighted by Crippen LogP contribution is -2.44. The van der Waals surface area contributed by atoms with Gasteiger partial charge in [-0.15, -0.1) is 0 Å². The van der Waals surface area contributed by atoms with Crippen LogP contribution in [0.25, 0.3) is 11.2 Å². The number of hydrogen-bond acceptors (Lipinski definition) is 8. The molecule has 9 nitrogen and oxygen atoms in total. The van der Waals surface area contributed by atoms with Crippen molar-refractivity contribution >= 4 is 39.5 Å². The molecule has 1 saturated heterocycles. The van der Waals surface area contributed by atoms with E-state index in [9.17, 15) is 4.79 Å². The van der Waals surface area contributed by atoms with E-state index in [1.54, 1.807) is 12.7 Å². The molecule has 0 aliphatic carbocycles. The zero-order valence-corrected chi connectivity index (χ0v) is 22.7. The van der Waals surface area contributed by atoms with E-state index in [-0.39, 0.29) is 29.4 Å². The van der Waals surface area contributed by atoms with E-state index >= 15 is 0 Å². The van der Waals surface area contributed by atoms with Gasteiger partial charge in [0.05, 0.1) is 12.9 Å². The van der Waals surface area contributed by atoms with E-state index in [4.69, 9.17) is 13.9 Å². The number of rotatable bonds is 7. The lowest BCUT2D eigenvalue weighted by atomic mass is 10.2. The van der Waals surface area contributed by atoms with Crippen molar-refractivity contribution in [3.05, 3.63) is 12.7 Å². The smallest absolute Gasteiger partial charge is 0.302 e. The Morgan fingerprint density at radius 3 is 2.50 bits per heavy atom. The summed E-state index contributed by atoms with van der Waals surface area (Å²) in [5.74, 6) is 0.413. The molecular weight excluding hydrogens is 442 g/mol. The summed E-state index contributed by atoms with van der Waals surface area (Å²) < 4.78 is 20.2. The van der Waals surface area contributed by atoms with E-state index in [2.05, 4.69) is 73.4 Å². The van der Waals surface area contributed by atoms with Crippen LogP contribution in [-0.4, -0.2) is 60.9 Å². The number of aromatic nitrogens is 4. The number of nitrogens with one attached hydrogen (secondary N) is 1. The highest BCUT2D eigenvalue weighted by molar-refractivity contribution is 6.79. The zero-order valence-electron chi connectivity index (χ0n) is 20.7. The molecule has 3 heterocycles. The average Bonchev–Trinajstić information content (AvgIpc) is 3.22. The third-order valence-corrected chi connectivity index (χ3v) is 11.6. The van der Waals surface area contributed by atoms with Gasteiger partial charge in [-0.2, -0.15) is 0 Å². The van der Waals surface area contributed by atoms with Crippen LogP contribution in [0.3, 0.4) is 0 Å². The maximum Gasteiger partial charge on any atom is 0.302 e. The van der Waals surface area contributed by atoms with E-state index < -0.39 is 16.6 Å². The number of ether oxygens (including phenoxy) is 2. The normalized spacial score (nSPS) is 22.3. The number of hydrogen-bond donors (Lipinski definition) is 1. The lowest BCUT2D eigenvalue weighted by Gasteiger charge is -2.37. The van der Waals surface area contributed by atoms with E-state index in [1.165, 1.54) is 6.92 Å². The fourth-order valence-corrected chi connectivity index (χ4v) is 5.28. The quantitative estimate of drug-likeness (QED) is 0.463. The number of carbonyl (C=O) groups is 1. The Hall–Kier alpha value is -1.83. The molecule has 3 rings (SSSR count). The van der Waals surface area contributed by atoms with Gasteiger partial charge < -0.3 is 18.9 Å². The minimum Gasteiger partial charge on any atom is -0.460 e. The van der Waals surface area contributed by atoms with Crippen LogP contribution < -0.4 is 4.98 Å². The summed E-state index contributed by atoms with van der Waals surface area (Å²) in [6.45, 7) is 19.4. The van der Waals surface area contributed by atoms with Crippen LogP contribution in [-0.2, 0) is 18.7 Å². The van der Waals surface area contributed by atoms with Crippen molar-refractivity contribution in [3.8, 4) is 0 Å². The molecule has 1 fully saturated rings. The Balaban J connectivity index is 1.84. The summed E-state index contributed by atoms with van der Waals surface area (Å²) in [5, 5.41) is 0.0825. The topological polar surface area (TPSA) is 100 Å². The fourth-order valence-electron chi connectivity index (χ4n) is 3.37. The van der Waals surface area contributed by atoms with Gasteiger partial charge in [-0.3, -0.25) is 9.36 Å². The summed E-state index contributed by atoms with van der Waals surface area (Å²) >= 11 is 0. The third-order valence-electron chi connectivity index (χ3n) is 6.07. The second-order valence-corrected chi connectivity index (χ2v) is 20.6. The molecule has 2 aromatic rings. The molecule has 1 aliphatic heterocycles. The first-order valence-electron chi connectivity index (χ1n) is 11.1. The summed E-state index contributed by atoms with van der Waals surface area (Å²) in [6, 6.07) is 0. The minimum atomic E-state index is -1.97. The second kappa shape index (κ2) is 8.84. The van der Waals surface area contributed by atoms with Gasteiger partial charge in [-0.05, 0) is 18.1 Å². The first-order chi connectivity index (χ1) is 14.7. The Bertz CT molecular complexity index is 967. The van der Waals surface area contributed by atoms with Gasteiger partial charge in [0.1, 0.15) is 44.3 Å². The van der Waals surface area contributed by atoms with Crippen molar-refractivity contribution in [1.29, 1.82) is 0 Å². The molecule has 178 valence electrons. The number of nitrogens with zero attached hydrogens (tertiary/aromatic N) is 4. The number of imidazole rings is 1. The number of esters is 1. The van der Waals surface area contributed by atoms with Crippen LogP contribution >= 0.6 is 0 Å². The highest BCUT2D eigenvalue weighted by atomic mass is 28.4. The molecule has 1 N–H and O–H groups in total. The van der Waals surface area contributed by atoms with Gasteiger partial charge in [0, 0.05) is 13.3 Å². The Labute approximate surface area is 192 Å². The molecule has 1 unspecified atom stereocenters. The molecule has 0 bridgehead atoms. The van der Waals surface area contributed by atoms with Crippen LogP contribution in [0.1, 0.15) is 40.3 Å². The number of anilines is 1. The van der Waals surface area contributed by atoms with E-state index in [0.717, 1.165) is 5.82 Å². The number of carbonyl (C=O) groups excluding carboxylic acids is 1. The first-order valence-corrected chi connectivity index (χ1v) is 17.5. The molecule has 32 heavy (non-hydrogen) atoms. The van der Waals surface area contributed by atoms with Crippen LogP contribution in [0.5, 0.6) is 0 Å². The molecule has 0 amide bonds. The van der Waals surface area contributed by atoms with Crippen molar-refractivity contribution in [2.24, 2.45) is 0 Å². The van der Waals surface area contributed by atoms with Crippen molar-refractivity contribution in [1.82, 2.24) is 19.5 Å². The predicted octanol–water partition coefficient (Wildman–Crippen LogP) is 4.31. The molecular formula is C21H37N5O4Si2. The van der Waals surface area contributed by atoms with Crippen molar-refractivity contribution in [3.63, 3.8) is 0 Å². The van der Waals surface area contributed by atoms with Crippen LogP contribution in [0, 0.1) is 0 Å². The highest BCUT2D eigenvalue weighted by Gasteiger charge is 2.43. The summed E-state index contributed by atoms with van der Waals surface area (Å²) in [5.41, 5.74) is 1.40. The molecule has 3 atom stereocenters. The van der Waals surface area contributed by atoms with Gasteiger partial charge in [0.2, 0.25) is 0 Å². The SMILES string of the molecule is CC(=O)OC1C[C@@H](n2cnc3c(N[Si](C)(C)C)ncnc32)O[C@H]1CO[Si](C)(C)C(C)(C)C. The van der Waals surface area contributed by atoms with Crippen LogP contribution in [0.15, 0.2) is 12.7 Å². The molecule has 0 spiro atoms. The van der Waals surface area contributed by atoms with Crippen molar-refractivity contribution in [2.75, 3.05) is 11.6 Å². The van der Waals surface area contributed by atoms with Crippen molar-refractivity contribution in [2.45, 2.75) is 90.3 Å². The van der Waals surface area contributed by atoms with Crippen LogP contribution in [0.2, 0.25) is 37.8 Å². The van der Waals surface area contributed by atoms with Crippen molar-refractivity contribution < 1.29 is 18.7 Å². The lowest BCUT2D eigenvalue weighted by molar-refractivity contribution is -0.150. The minimum absolute atomic E-state index is 0.0825. The number of fused-ring (bicyclic) bond motifs is 1. The maximum atomic E-state index is 11.7. The van der Waals surface area contributed by atoms with Gasteiger partial charge in [-0.1, -0.05) is 40.4 Å². The molecule has 0 saturated carbocycles. The third kappa shape index (κ3) is 5.56.